The molecular formula is C16H25N3O7S. The Bertz CT molecular complexity index is 790. The van der Waals surface area contributed by atoms with E-state index in [0.717, 1.165) is 4.90 Å². The second-order valence-electron chi connectivity index (χ2n) is 7.81. The van der Waals surface area contributed by atoms with Gasteiger partial charge in [-0.15, -0.1) is 0 Å². The van der Waals surface area contributed by atoms with Crippen LogP contribution in [0.4, 0.5) is 0 Å². The molecule has 0 aromatic rings. The summed E-state index contributed by atoms with van der Waals surface area (Å²) in [5.41, 5.74) is 0. The van der Waals surface area contributed by atoms with Gasteiger partial charge in [0, 0.05) is 0 Å². The number of β-lactam (4-membered cyclic amide) rings is 1. The molecule has 2 aliphatic rings. The lowest BCUT2D eigenvalue weighted by molar-refractivity contribution is -0.150. The fourth-order valence-electron chi connectivity index (χ4n) is 3.39. The minimum atomic E-state index is -3.73. The number of aliphatic carboxylic acids is 1. The number of sulfone groups is 1. The molecule has 0 aliphatic carbocycles. The van der Waals surface area contributed by atoms with Crippen LogP contribution >= 0.6 is 0 Å². The van der Waals surface area contributed by atoms with Crippen LogP contribution in [0.1, 0.15) is 41.0 Å². The molecule has 2 aliphatic heterocycles. The van der Waals surface area contributed by atoms with Crippen LogP contribution in [0.3, 0.4) is 0 Å². The molecule has 3 N–H and O–H groups in total. The number of rotatable bonds is 6. The Kier molecular flexibility index (Phi) is 5.30. The summed E-state index contributed by atoms with van der Waals surface area (Å²) in [7, 11) is -3.73. The minimum Gasteiger partial charge on any atom is -0.480 e. The van der Waals surface area contributed by atoms with Crippen molar-refractivity contribution in [2.75, 3.05) is 0 Å². The van der Waals surface area contributed by atoms with E-state index in [1.165, 1.54) is 20.8 Å². The van der Waals surface area contributed by atoms with Gasteiger partial charge in [0.05, 0.1) is 11.2 Å². The molecule has 2 fully saturated rings. The Morgan fingerprint density at radius 1 is 1.19 bits per heavy atom. The summed E-state index contributed by atoms with van der Waals surface area (Å²) < 4.78 is 23.7. The van der Waals surface area contributed by atoms with E-state index >= 15 is 0 Å². The average molecular weight is 403 g/mol. The van der Waals surface area contributed by atoms with Crippen LogP contribution < -0.4 is 10.6 Å². The number of nitrogens with zero attached hydrogens (tertiary/aromatic N) is 1. The Morgan fingerprint density at radius 2 is 1.74 bits per heavy atom. The predicted octanol–water partition coefficient (Wildman–Crippen LogP) is -1.15. The van der Waals surface area contributed by atoms with E-state index in [0.29, 0.717) is 0 Å². The number of amides is 3. The molecule has 0 saturated carbocycles. The van der Waals surface area contributed by atoms with Crippen molar-refractivity contribution in [3.8, 4) is 0 Å². The van der Waals surface area contributed by atoms with Gasteiger partial charge < -0.3 is 20.6 Å². The fraction of sp³-hybridized carbons (Fsp3) is 0.750. The van der Waals surface area contributed by atoms with Crippen LogP contribution in [-0.4, -0.2) is 70.4 Å². The standard InChI is InChI=1S/C16H25N3O7S/c1-7(2)11(13(21)17-8(3)15(23)24)18-14(22)12-16(4,5)27(25,26)10-6-9(20)19(10)12/h7-8,10-12H,6H2,1-5H3,(H,17,21)(H,18,22)(H,23,24). The highest BCUT2D eigenvalue weighted by molar-refractivity contribution is 7.93. The number of carbonyl (C=O) groups is 4. The lowest BCUT2D eigenvalue weighted by Gasteiger charge is -2.37. The number of nitrogens with one attached hydrogen (secondary N) is 2. The number of carboxylic acids is 1. The molecule has 0 aromatic heterocycles. The first-order chi connectivity index (χ1) is 12.2. The number of hydrogen-bond donors (Lipinski definition) is 3. The maximum absolute atomic E-state index is 12.9. The van der Waals surface area contributed by atoms with Gasteiger partial charge in [-0.05, 0) is 26.7 Å². The number of carbonyl (C=O) groups excluding carboxylic acids is 3. The third-order valence-electron chi connectivity index (χ3n) is 5.20. The molecule has 11 heteroatoms. The Hall–Kier alpha value is -2.17. The van der Waals surface area contributed by atoms with Crippen LogP contribution in [0.25, 0.3) is 0 Å². The van der Waals surface area contributed by atoms with Crippen molar-refractivity contribution in [1.82, 2.24) is 15.5 Å². The molecule has 2 heterocycles. The maximum atomic E-state index is 12.9. The molecular weight excluding hydrogens is 378 g/mol. The second kappa shape index (κ2) is 6.77. The minimum absolute atomic E-state index is 0.153. The van der Waals surface area contributed by atoms with Crippen LogP contribution in [-0.2, 0) is 29.0 Å². The lowest BCUT2D eigenvalue weighted by Crippen LogP contribution is -2.62. The van der Waals surface area contributed by atoms with Crippen LogP contribution in [0.2, 0.25) is 0 Å². The molecule has 10 nitrogen and oxygen atoms in total. The first-order valence-corrected chi connectivity index (χ1v) is 10.2. The van der Waals surface area contributed by atoms with Gasteiger partial charge in [-0.3, -0.25) is 19.2 Å². The Labute approximate surface area is 157 Å². The average Bonchev–Trinajstić information content (AvgIpc) is 2.65. The van der Waals surface area contributed by atoms with Gasteiger partial charge in [-0.1, -0.05) is 13.8 Å². The van der Waals surface area contributed by atoms with Crippen LogP contribution in [0, 0.1) is 5.92 Å². The first kappa shape index (κ1) is 21.1. The van der Waals surface area contributed by atoms with Crippen molar-refractivity contribution in [3.05, 3.63) is 0 Å². The normalized spacial score (nSPS) is 27.3. The van der Waals surface area contributed by atoms with Crippen molar-refractivity contribution >= 4 is 33.5 Å². The second-order valence-corrected chi connectivity index (χ2v) is 10.5. The molecule has 4 atom stereocenters. The van der Waals surface area contributed by atoms with Crippen molar-refractivity contribution in [3.63, 3.8) is 0 Å². The molecule has 2 saturated heterocycles. The molecule has 4 unspecified atom stereocenters. The predicted molar refractivity (Wildman–Crippen MR) is 94.0 cm³/mol. The van der Waals surface area contributed by atoms with Crippen molar-refractivity contribution in [1.29, 1.82) is 0 Å². The van der Waals surface area contributed by atoms with E-state index in [4.69, 9.17) is 5.11 Å². The third kappa shape index (κ3) is 3.28. The third-order valence-corrected chi connectivity index (χ3v) is 8.00. The zero-order chi connectivity index (χ0) is 20.9. The molecule has 0 radical (unpaired) electrons. The van der Waals surface area contributed by atoms with E-state index < -0.39 is 61.8 Å². The first-order valence-electron chi connectivity index (χ1n) is 8.61. The van der Waals surface area contributed by atoms with Crippen molar-refractivity contribution in [2.45, 2.75) is 69.3 Å². The molecule has 152 valence electrons. The van der Waals surface area contributed by atoms with Crippen LogP contribution in [0.15, 0.2) is 0 Å². The SMILES string of the molecule is CC(NC(=O)C(NC(=O)C1N2C(=O)CC2S(=O)(=O)C1(C)C)C(C)C)C(=O)O. The number of carboxylic acid groups (broad SMARTS) is 1. The van der Waals surface area contributed by atoms with E-state index in [-0.39, 0.29) is 12.3 Å². The number of fused-ring (bicyclic) bond motifs is 1. The molecule has 3 amide bonds. The fourth-order valence-corrected chi connectivity index (χ4v) is 5.52. The highest BCUT2D eigenvalue weighted by atomic mass is 32.2. The monoisotopic (exact) mass is 403 g/mol. The molecule has 0 aromatic carbocycles. The summed E-state index contributed by atoms with van der Waals surface area (Å²) in [4.78, 5) is 49.1. The molecule has 0 spiro atoms. The van der Waals surface area contributed by atoms with Crippen LogP contribution in [0.5, 0.6) is 0 Å². The summed E-state index contributed by atoms with van der Waals surface area (Å²) in [5, 5.41) is 12.7. The summed E-state index contributed by atoms with van der Waals surface area (Å²) in [6.45, 7) is 7.37. The van der Waals surface area contributed by atoms with Gasteiger partial charge in [0.15, 0.2) is 9.84 Å². The number of hydrogen-bond acceptors (Lipinski definition) is 6. The zero-order valence-corrected chi connectivity index (χ0v) is 16.7. The van der Waals surface area contributed by atoms with E-state index in [1.54, 1.807) is 13.8 Å². The van der Waals surface area contributed by atoms with Gasteiger partial charge in [0.1, 0.15) is 23.5 Å². The quantitative estimate of drug-likeness (QED) is 0.474. The Balaban J connectivity index is 2.24. The maximum Gasteiger partial charge on any atom is 0.325 e. The van der Waals surface area contributed by atoms with Gasteiger partial charge in [0.25, 0.3) is 0 Å². The summed E-state index contributed by atoms with van der Waals surface area (Å²) in [6, 6.07) is -3.48. The highest BCUT2D eigenvalue weighted by Gasteiger charge is 2.67. The lowest BCUT2D eigenvalue weighted by atomic mass is 9.95. The van der Waals surface area contributed by atoms with Crippen molar-refractivity contribution < 1.29 is 32.7 Å². The molecule has 2 rings (SSSR count). The largest absolute Gasteiger partial charge is 0.480 e. The van der Waals surface area contributed by atoms with E-state index in [9.17, 15) is 27.6 Å². The van der Waals surface area contributed by atoms with Gasteiger partial charge in [0.2, 0.25) is 17.7 Å². The van der Waals surface area contributed by atoms with Gasteiger partial charge in [-0.25, -0.2) is 8.42 Å². The van der Waals surface area contributed by atoms with Gasteiger partial charge >= 0.3 is 5.97 Å². The Morgan fingerprint density at radius 3 is 2.19 bits per heavy atom. The topological polar surface area (TPSA) is 150 Å². The van der Waals surface area contributed by atoms with E-state index in [2.05, 4.69) is 10.6 Å². The van der Waals surface area contributed by atoms with Crippen molar-refractivity contribution in [2.24, 2.45) is 5.92 Å². The summed E-state index contributed by atoms with van der Waals surface area (Å²) in [5.74, 6) is -3.50. The smallest absolute Gasteiger partial charge is 0.325 e. The van der Waals surface area contributed by atoms with Gasteiger partial charge in [-0.2, -0.15) is 0 Å². The summed E-state index contributed by atoms with van der Waals surface area (Å²) >= 11 is 0. The molecule has 27 heavy (non-hydrogen) atoms. The highest BCUT2D eigenvalue weighted by Crippen LogP contribution is 2.45. The van der Waals surface area contributed by atoms with E-state index in [1.807, 2.05) is 0 Å². The zero-order valence-electron chi connectivity index (χ0n) is 15.8. The summed E-state index contributed by atoms with van der Waals surface area (Å²) in [6.07, 6.45) is -0.153. The molecule has 0 bridgehead atoms.